The van der Waals surface area contributed by atoms with Gasteiger partial charge in [0.25, 0.3) is 0 Å². The molecule has 0 nitrogen and oxygen atoms in total. The molecule has 0 atom stereocenters. The first-order chi connectivity index (χ1) is 4.45. The van der Waals surface area contributed by atoms with Gasteiger partial charge in [0.15, 0.2) is 0 Å². The molecule has 2 fully saturated rings. The normalized spacial score (nSPS) is 30.7. The quantitative estimate of drug-likeness (QED) is 0.515. The van der Waals surface area contributed by atoms with Crippen LogP contribution in [0.2, 0.25) is 16.0 Å². The second kappa shape index (κ2) is 2.64. The van der Waals surface area contributed by atoms with Gasteiger partial charge < -0.3 is 0 Å². The van der Waals surface area contributed by atoms with Gasteiger partial charge in [0.1, 0.15) is 0 Å². The van der Waals surface area contributed by atoms with Gasteiger partial charge in [-0.25, -0.2) is 0 Å². The van der Waals surface area contributed by atoms with Crippen LogP contribution in [0.25, 0.3) is 0 Å². The van der Waals surface area contributed by atoms with E-state index < -0.39 is 0 Å². The van der Waals surface area contributed by atoms with E-state index in [9.17, 15) is 0 Å². The van der Waals surface area contributed by atoms with Crippen LogP contribution in [0.3, 0.4) is 0 Å². The van der Waals surface area contributed by atoms with Crippen molar-refractivity contribution in [3.63, 3.8) is 0 Å². The van der Waals surface area contributed by atoms with Crippen LogP contribution < -0.4 is 0 Å². The van der Waals surface area contributed by atoms with Crippen molar-refractivity contribution in [1.29, 1.82) is 0 Å². The summed E-state index contributed by atoms with van der Waals surface area (Å²) in [6.07, 6.45) is 6.35. The van der Waals surface area contributed by atoms with E-state index in [1.165, 1.54) is 5.92 Å². The number of hydrogen-bond acceptors (Lipinski definition) is 0. The third-order valence-corrected chi connectivity index (χ3v) is 8.17. The second-order valence-corrected chi connectivity index (χ2v) is 8.32. The van der Waals surface area contributed by atoms with Crippen molar-refractivity contribution >= 4 is 13.9 Å². The monoisotopic (exact) mass is 191 g/mol. The van der Waals surface area contributed by atoms with Crippen molar-refractivity contribution in [3.8, 4) is 0 Å². The Morgan fingerprint density at radius 1 is 1.00 bits per heavy atom. The molecule has 0 aliphatic carbocycles. The maximum atomic E-state index is 1.71. The van der Waals surface area contributed by atoms with Crippen LogP contribution in [0.4, 0.5) is 0 Å². The summed E-state index contributed by atoms with van der Waals surface area (Å²) in [5.74, 6) is 1.21. The molecule has 0 aromatic carbocycles. The van der Waals surface area contributed by atoms with Crippen molar-refractivity contribution in [2.24, 2.45) is 5.92 Å². The van der Waals surface area contributed by atoms with Crippen LogP contribution in [-0.4, -0.2) is 13.9 Å². The molecule has 2 aliphatic heterocycles. The average molecular weight is 190 g/mol. The van der Waals surface area contributed by atoms with Crippen LogP contribution in [0.1, 0.15) is 25.7 Å². The molecule has 1 heteroatoms. The van der Waals surface area contributed by atoms with E-state index in [0.717, 1.165) is 0 Å². The van der Waals surface area contributed by atoms with Crippen molar-refractivity contribution in [3.05, 3.63) is 0 Å². The van der Waals surface area contributed by atoms with Crippen molar-refractivity contribution in [1.82, 2.24) is 0 Å². The fourth-order valence-corrected chi connectivity index (χ4v) is 7.70. The van der Waals surface area contributed by atoms with Gasteiger partial charge in [-0.3, -0.25) is 0 Å². The first-order valence-corrected chi connectivity index (χ1v) is 7.72. The SMILES string of the molecule is C1CC2CCC[Se](C1)C2. The summed E-state index contributed by atoms with van der Waals surface area (Å²) in [5.41, 5.74) is 0. The van der Waals surface area contributed by atoms with Gasteiger partial charge in [0, 0.05) is 0 Å². The van der Waals surface area contributed by atoms with E-state index in [0.29, 0.717) is 0 Å². The first-order valence-electron chi connectivity index (χ1n) is 4.09. The minimum atomic E-state index is 0.0463. The van der Waals surface area contributed by atoms with Crippen LogP contribution in [0.15, 0.2) is 0 Å². The fraction of sp³-hybridized carbons (Fsp3) is 1.00. The van der Waals surface area contributed by atoms with Gasteiger partial charge in [0.05, 0.1) is 0 Å². The number of rotatable bonds is 0. The molecule has 0 spiro atoms. The molecule has 2 saturated heterocycles. The first kappa shape index (κ1) is 6.24. The predicted octanol–water partition coefficient (Wildman–Crippen LogP) is 2.69. The molecular formula is C8H15Se. The third-order valence-electron chi connectivity index (χ3n) is 2.56. The summed E-state index contributed by atoms with van der Waals surface area (Å²) >= 11 is 0.0463. The van der Waals surface area contributed by atoms with Gasteiger partial charge in [-0.15, -0.1) is 0 Å². The summed E-state index contributed by atoms with van der Waals surface area (Å²) < 4.78 is 0. The van der Waals surface area contributed by atoms with E-state index in [2.05, 4.69) is 0 Å². The molecule has 0 saturated carbocycles. The van der Waals surface area contributed by atoms with Gasteiger partial charge in [-0.05, 0) is 0 Å². The maximum absolute atomic E-state index is 1.71. The van der Waals surface area contributed by atoms with E-state index in [1.54, 1.807) is 41.6 Å². The topological polar surface area (TPSA) is 0 Å². The molecule has 2 heterocycles. The Bertz CT molecular complexity index is 80.7. The molecule has 0 unspecified atom stereocenters. The van der Waals surface area contributed by atoms with Gasteiger partial charge >= 0.3 is 61.5 Å². The van der Waals surface area contributed by atoms with Crippen molar-refractivity contribution in [2.75, 3.05) is 0 Å². The molecule has 53 valence electrons. The summed E-state index contributed by atoms with van der Waals surface area (Å²) in [6, 6.07) is 0. The molecule has 0 amide bonds. The summed E-state index contributed by atoms with van der Waals surface area (Å²) in [7, 11) is 0. The Morgan fingerprint density at radius 2 is 1.67 bits per heavy atom. The Labute approximate surface area is 61.9 Å². The van der Waals surface area contributed by atoms with Crippen LogP contribution >= 0.6 is 0 Å². The number of fused-ring (bicyclic) bond motifs is 2. The molecule has 0 aromatic heterocycles. The minimum absolute atomic E-state index is 0.0463. The molecule has 1 radical (unpaired) electrons. The zero-order valence-electron chi connectivity index (χ0n) is 5.94. The molecule has 0 aromatic rings. The molecule has 2 rings (SSSR count). The van der Waals surface area contributed by atoms with E-state index in [1.807, 2.05) is 0 Å². The van der Waals surface area contributed by atoms with E-state index in [4.69, 9.17) is 0 Å². The summed E-state index contributed by atoms with van der Waals surface area (Å²) in [5, 5.41) is 5.06. The molecule has 2 aliphatic rings. The number of hydrogen-bond donors (Lipinski definition) is 0. The van der Waals surface area contributed by atoms with E-state index >= 15 is 0 Å². The van der Waals surface area contributed by atoms with Crippen molar-refractivity contribution in [2.45, 2.75) is 41.6 Å². The Kier molecular flexibility index (Phi) is 1.83. The van der Waals surface area contributed by atoms with E-state index in [-0.39, 0.29) is 13.9 Å². The Morgan fingerprint density at radius 3 is 2.11 bits per heavy atom. The predicted molar refractivity (Wildman–Crippen MR) is 42.1 cm³/mol. The second-order valence-electron chi connectivity index (χ2n) is 3.34. The Hall–Kier alpha value is 0.519. The van der Waals surface area contributed by atoms with Crippen LogP contribution in [0, 0.1) is 5.92 Å². The van der Waals surface area contributed by atoms with Crippen LogP contribution in [-0.2, 0) is 0 Å². The summed E-state index contributed by atoms with van der Waals surface area (Å²) in [6.45, 7) is 0. The standard InChI is InChI=1S/C8H15Se/c1-3-8-4-2-6-9(5-1)7-8/h8H,1-7H2. The Balaban J connectivity index is 1.96. The summed E-state index contributed by atoms with van der Waals surface area (Å²) in [4.78, 5) is 0. The van der Waals surface area contributed by atoms with Gasteiger partial charge in [-0.2, -0.15) is 0 Å². The molecule has 2 bridgehead atoms. The van der Waals surface area contributed by atoms with Gasteiger partial charge in [0.2, 0.25) is 0 Å². The fourth-order valence-electron chi connectivity index (χ4n) is 2.07. The zero-order chi connectivity index (χ0) is 6.10. The van der Waals surface area contributed by atoms with Crippen LogP contribution in [0.5, 0.6) is 0 Å². The third kappa shape index (κ3) is 1.33. The van der Waals surface area contributed by atoms with Gasteiger partial charge in [-0.1, -0.05) is 0 Å². The molecule has 9 heavy (non-hydrogen) atoms. The zero-order valence-corrected chi connectivity index (χ0v) is 7.65. The molecular weight excluding hydrogens is 175 g/mol. The van der Waals surface area contributed by atoms with Crippen molar-refractivity contribution < 1.29 is 0 Å². The average Bonchev–Trinajstić information content (AvgIpc) is 1.88. The molecule has 0 N–H and O–H groups in total.